The van der Waals surface area contributed by atoms with E-state index in [0.29, 0.717) is 18.7 Å². The van der Waals surface area contributed by atoms with Gasteiger partial charge >= 0.3 is 0 Å². The lowest BCUT2D eigenvalue weighted by atomic mass is 10.1. The third-order valence-corrected chi connectivity index (χ3v) is 3.73. The first kappa shape index (κ1) is 18.2. The molecule has 0 saturated carbocycles. The van der Waals surface area contributed by atoms with Gasteiger partial charge in [0.2, 0.25) is 0 Å². The molecule has 1 aromatic heterocycles. The van der Waals surface area contributed by atoms with Gasteiger partial charge in [-0.2, -0.15) is 5.10 Å². The van der Waals surface area contributed by atoms with E-state index in [9.17, 15) is 9.90 Å². The van der Waals surface area contributed by atoms with Crippen molar-refractivity contribution in [2.24, 2.45) is 0 Å². The van der Waals surface area contributed by atoms with Crippen LogP contribution in [0.2, 0.25) is 0 Å². The Morgan fingerprint density at radius 3 is 2.50 bits per heavy atom. The number of benzene rings is 1. The van der Waals surface area contributed by atoms with Gasteiger partial charge in [0.05, 0.1) is 18.3 Å². The maximum absolute atomic E-state index is 12.1. The van der Waals surface area contributed by atoms with E-state index in [4.69, 9.17) is 0 Å². The third kappa shape index (κ3) is 5.18. The fourth-order valence-corrected chi connectivity index (χ4v) is 2.57. The summed E-state index contributed by atoms with van der Waals surface area (Å²) in [5, 5.41) is 17.0. The topological polar surface area (TPSA) is 70.4 Å². The number of rotatable bonds is 7. The predicted molar refractivity (Wildman–Crippen MR) is 94.1 cm³/mol. The summed E-state index contributed by atoms with van der Waals surface area (Å²) in [6.45, 7) is 5.44. The number of carbonyl (C=O) groups is 1. The highest BCUT2D eigenvalue weighted by atomic mass is 16.3. The number of aryl methyl sites for hydroxylation is 2. The molecule has 1 heterocycles. The fraction of sp³-hybridized carbons (Fsp3) is 0.444. The van der Waals surface area contributed by atoms with E-state index in [0.717, 1.165) is 17.0 Å². The van der Waals surface area contributed by atoms with E-state index in [1.54, 1.807) is 12.1 Å². The first-order chi connectivity index (χ1) is 11.3. The summed E-state index contributed by atoms with van der Waals surface area (Å²) >= 11 is 0. The molecule has 1 amide bonds. The lowest BCUT2D eigenvalue weighted by molar-refractivity contribution is 0.0892. The van der Waals surface area contributed by atoms with E-state index in [-0.39, 0.29) is 12.5 Å². The number of carbonyl (C=O) groups excluding carboxylic acids is 1. The van der Waals surface area contributed by atoms with Crippen LogP contribution < -0.4 is 5.32 Å². The number of aromatic nitrogens is 2. The molecule has 0 aliphatic rings. The third-order valence-electron chi connectivity index (χ3n) is 3.73. The Kier molecular flexibility index (Phi) is 6.11. The minimum atomic E-state index is -0.575. The molecule has 0 fully saturated rings. The van der Waals surface area contributed by atoms with E-state index in [1.165, 1.54) is 0 Å². The first-order valence-corrected chi connectivity index (χ1v) is 8.06. The zero-order valence-corrected chi connectivity index (χ0v) is 14.8. The van der Waals surface area contributed by atoms with Crippen molar-refractivity contribution in [3.63, 3.8) is 0 Å². The van der Waals surface area contributed by atoms with E-state index >= 15 is 0 Å². The molecule has 0 aliphatic carbocycles. The van der Waals surface area contributed by atoms with Gasteiger partial charge in [0, 0.05) is 24.3 Å². The number of likely N-dealkylation sites (N-methyl/N-ethyl adjacent to an activating group) is 1. The Morgan fingerprint density at radius 2 is 1.96 bits per heavy atom. The second kappa shape index (κ2) is 8.08. The molecule has 0 bridgehead atoms. The first-order valence-electron chi connectivity index (χ1n) is 8.06. The average Bonchev–Trinajstić information content (AvgIpc) is 2.82. The Hall–Kier alpha value is -2.18. The second-order valence-corrected chi connectivity index (χ2v) is 6.41. The van der Waals surface area contributed by atoms with Gasteiger partial charge in [0.25, 0.3) is 5.91 Å². The normalized spacial score (nSPS) is 12.4. The van der Waals surface area contributed by atoms with Crippen LogP contribution in [0, 0.1) is 13.8 Å². The van der Waals surface area contributed by atoms with Gasteiger partial charge in [-0.05, 0) is 51.7 Å². The van der Waals surface area contributed by atoms with Crippen molar-refractivity contribution >= 4 is 5.91 Å². The largest absolute Gasteiger partial charge is 0.390 e. The number of aliphatic hydroxyl groups is 1. The number of aliphatic hydroxyl groups excluding tert-OH is 1. The van der Waals surface area contributed by atoms with Crippen LogP contribution in [-0.2, 0) is 6.54 Å². The molecule has 6 heteroatoms. The van der Waals surface area contributed by atoms with Gasteiger partial charge in [-0.25, -0.2) is 0 Å². The molecule has 2 aromatic rings. The number of amides is 1. The lowest BCUT2D eigenvalue weighted by Gasteiger charge is -2.16. The van der Waals surface area contributed by atoms with Crippen molar-refractivity contribution in [3.8, 4) is 0 Å². The maximum atomic E-state index is 12.1. The van der Waals surface area contributed by atoms with Crippen LogP contribution >= 0.6 is 0 Å². The summed E-state index contributed by atoms with van der Waals surface area (Å²) in [6.07, 6.45) is -0.575. The van der Waals surface area contributed by atoms with Crippen molar-refractivity contribution in [1.29, 1.82) is 0 Å². The molecular formula is C18H26N4O2. The van der Waals surface area contributed by atoms with E-state index in [1.807, 2.05) is 55.7 Å². The predicted octanol–water partition coefficient (Wildman–Crippen LogP) is 1.20. The van der Waals surface area contributed by atoms with Gasteiger partial charge in [0.15, 0.2) is 0 Å². The Balaban J connectivity index is 1.91. The molecule has 0 saturated heterocycles. The van der Waals surface area contributed by atoms with Crippen molar-refractivity contribution in [2.45, 2.75) is 26.5 Å². The maximum Gasteiger partial charge on any atom is 0.251 e. The Bertz CT molecular complexity index is 677. The summed E-state index contributed by atoms with van der Waals surface area (Å²) in [4.78, 5) is 14.0. The molecule has 0 spiro atoms. The van der Waals surface area contributed by atoms with Crippen molar-refractivity contribution < 1.29 is 9.90 Å². The highest BCUT2D eigenvalue weighted by molar-refractivity contribution is 5.94. The average molecular weight is 330 g/mol. The van der Waals surface area contributed by atoms with E-state index < -0.39 is 6.10 Å². The minimum Gasteiger partial charge on any atom is -0.390 e. The number of hydrogen-bond acceptors (Lipinski definition) is 4. The standard InChI is InChI=1S/C18H26N4O2/c1-13-9-14(2)22(20-13)11-15-5-7-16(8-6-15)18(24)19-10-17(23)12-21(3)4/h5-9,17,23H,10-12H2,1-4H3,(H,19,24). The number of nitrogens with zero attached hydrogens (tertiary/aromatic N) is 3. The van der Waals surface area contributed by atoms with Crippen LogP contribution in [0.5, 0.6) is 0 Å². The molecule has 24 heavy (non-hydrogen) atoms. The van der Waals surface area contributed by atoms with Gasteiger partial charge in [-0.15, -0.1) is 0 Å². The van der Waals surface area contributed by atoms with Crippen LogP contribution in [0.15, 0.2) is 30.3 Å². The smallest absolute Gasteiger partial charge is 0.251 e. The molecule has 2 rings (SSSR count). The monoisotopic (exact) mass is 330 g/mol. The number of nitrogens with one attached hydrogen (secondary N) is 1. The zero-order chi connectivity index (χ0) is 17.7. The van der Waals surface area contributed by atoms with Gasteiger partial charge < -0.3 is 15.3 Å². The summed E-state index contributed by atoms with van der Waals surface area (Å²) in [7, 11) is 3.76. The van der Waals surface area contributed by atoms with Crippen molar-refractivity contribution in [3.05, 3.63) is 52.8 Å². The quantitative estimate of drug-likeness (QED) is 0.800. The SMILES string of the molecule is Cc1cc(C)n(Cc2ccc(C(=O)NCC(O)CN(C)C)cc2)n1. The van der Waals surface area contributed by atoms with Gasteiger partial charge in [-0.1, -0.05) is 12.1 Å². The second-order valence-electron chi connectivity index (χ2n) is 6.41. The van der Waals surface area contributed by atoms with Gasteiger partial charge in [-0.3, -0.25) is 9.48 Å². The summed E-state index contributed by atoms with van der Waals surface area (Å²) in [5.41, 5.74) is 3.79. The molecule has 0 radical (unpaired) electrons. The Labute approximate surface area is 143 Å². The summed E-state index contributed by atoms with van der Waals surface area (Å²) in [6, 6.07) is 9.51. The lowest BCUT2D eigenvalue weighted by Crippen LogP contribution is -2.37. The van der Waals surface area contributed by atoms with E-state index in [2.05, 4.69) is 10.4 Å². The van der Waals surface area contributed by atoms with Crippen molar-refractivity contribution in [1.82, 2.24) is 20.0 Å². The molecule has 0 aliphatic heterocycles. The Morgan fingerprint density at radius 1 is 1.29 bits per heavy atom. The number of hydrogen-bond donors (Lipinski definition) is 2. The minimum absolute atomic E-state index is 0.175. The van der Waals surface area contributed by atoms with Crippen LogP contribution in [0.4, 0.5) is 0 Å². The van der Waals surface area contributed by atoms with Crippen LogP contribution in [-0.4, -0.2) is 59.0 Å². The highest BCUT2D eigenvalue weighted by Crippen LogP contribution is 2.09. The molecule has 1 unspecified atom stereocenters. The van der Waals surface area contributed by atoms with Gasteiger partial charge in [0.1, 0.15) is 0 Å². The van der Waals surface area contributed by atoms with Crippen LogP contribution in [0.3, 0.4) is 0 Å². The fourth-order valence-electron chi connectivity index (χ4n) is 2.57. The highest BCUT2D eigenvalue weighted by Gasteiger charge is 2.10. The summed E-state index contributed by atoms with van der Waals surface area (Å²) in [5.74, 6) is -0.175. The molecule has 130 valence electrons. The van der Waals surface area contributed by atoms with Crippen LogP contribution in [0.25, 0.3) is 0 Å². The molecule has 1 atom stereocenters. The molecular weight excluding hydrogens is 304 g/mol. The van der Waals surface area contributed by atoms with Crippen molar-refractivity contribution in [2.75, 3.05) is 27.2 Å². The summed E-state index contributed by atoms with van der Waals surface area (Å²) < 4.78 is 1.95. The molecule has 2 N–H and O–H groups in total. The van der Waals surface area contributed by atoms with Crippen LogP contribution in [0.1, 0.15) is 27.3 Å². The molecule has 6 nitrogen and oxygen atoms in total. The molecule has 1 aromatic carbocycles. The zero-order valence-electron chi connectivity index (χ0n) is 14.8.